The van der Waals surface area contributed by atoms with Gasteiger partial charge in [-0.1, -0.05) is 19.3 Å². The average molecular weight is 545 g/mol. The predicted octanol–water partition coefficient (Wildman–Crippen LogP) is 4.85. The molecule has 5 rings (SSSR count). The second kappa shape index (κ2) is 11.0. The minimum absolute atomic E-state index is 0.149. The van der Waals surface area contributed by atoms with Crippen LogP contribution in [0.15, 0.2) is 23.6 Å². The van der Waals surface area contributed by atoms with Gasteiger partial charge in [0.15, 0.2) is 0 Å². The van der Waals surface area contributed by atoms with Crippen molar-refractivity contribution in [3.8, 4) is 11.1 Å². The number of nitrogens with one attached hydrogen (secondary N) is 1. The Morgan fingerprint density at radius 2 is 1.84 bits per heavy atom. The highest BCUT2D eigenvalue weighted by Crippen LogP contribution is 2.44. The van der Waals surface area contributed by atoms with E-state index in [0.717, 1.165) is 48.3 Å². The molecule has 1 saturated carbocycles. The summed E-state index contributed by atoms with van der Waals surface area (Å²) in [5, 5.41) is 5.66. The van der Waals surface area contributed by atoms with Gasteiger partial charge >= 0.3 is 0 Å². The van der Waals surface area contributed by atoms with Gasteiger partial charge in [-0.3, -0.25) is 9.69 Å². The quantitative estimate of drug-likeness (QED) is 0.495. The molecule has 1 unspecified atom stereocenters. The summed E-state index contributed by atoms with van der Waals surface area (Å²) in [6.45, 7) is 4.54. The number of carbonyl (C=O) groups excluding carboxylic acids is 1. The number of hydrogen-bond acceptors (Lipinski definition) is 6. The van der Waals surface area contributed by atoms with Crippen molar-refractivity contribution in [2.75, 3.05) is 37.8 Å². The largest absolute Gasteiger partial charge is 0.384 e. The van der Waals surface area contributed by atoms with E-state index in [9.17, 15) is 13.2 Å². The Morgan fingerprint density at radius 1 is 1.11 bits per heavy atom. The third kappa shape index (κ3) is 5.60. The summed E-state index contributed by atoms with van der Waals surface area (Å²) in [5.74, 6) is 0.350. The Labute approximate surface area is 225 Å². The zero-order chi connectivity index (χ0) is 26.2. The summed E-state index contributed by atoms with van der Waals surface area (Å²) in [7, 11) is -0.910. The van der Waals surface area contributed by atoms with E-state index in [1.165, 1.54) is 37.0 Å². The summed E-state index contributed by atoms with van der Waals surface area (Å²) in [4.78, 5) is 16.3. The molecule has 37 heavy (non-hydrogen) atoms. The first-order valence-electron chi connectivity index (χ1n) is 13.7. The molecule has 7 nitrogen and oxygen atoms in total. The normalized spacial score (nSPS) is 21.8. The van der Waals surface area contributed by atoms with Crippen LogP contribution in [0.2, 0.25) is 0 Å². The van der Waals surface area contributed by atoms with Crippen molar-refractivity contribution in [1.29, 1.82) is 0 Å². The maximum atomic E-state index is 12.4. The number of fused-ring (bicyclic) bond motifs is 1. The van der Waals surface area contributed by atoms with Crippen LogP contribution >= 0.6 is 11.3 Å². The summed E-state index contributed by atoms with van der Waals surface area (Å²) >= 11 is 1.78. The van der Waals surface area contributed by atoms with Gasteiger partial charge in [0.05, 0.1) is 17.0 Å². The van der Waals surface area contributed by atoms with Crippen molar-refractivity contribution in [2.45, 2.75) is 70.4 Å². The number of rotatable bonds is 8. The molecule has 0 spiro atoms. The number of thiophene rings is 1. The van der Waals surface area contributed by atoms with Crippen LogP contribution in [0, 0.1) is 5.92 Å². The number of hydrogen-bond donors (Lipinski definition) is 2. The maximum Gasteiger partial charge on any atom is 0.250 e. The molecule has 202 valence electrons. The number of anilines is 1. The maximum absolute atomic E-state index is 12.4. The third-order valence-electron chi connectivity index (χ3n) is 8.75. The Balaban J connectivity index is 1.36. The number of sulfonamides is 1. The number of primary amides is 1. The Hall–Kier alpha value is -1.94. The van der Waals surface area contributed by atoms with Gasteiger partial charge in [-0.05, 0) is 85.8 Å². The van der Waals surface area contributed by atoms with E-state index in [1.807, 2.05) is 6.07 Å². The first-order chi connectivity index (χ1) is 17.8. The lowest BCUT2D eigenvalue weighted by Crippen LogP contribution is -2.40. The molecule has 1 aromatic carbocycles. The number of nitrogens with two attached hydrogens (primary N) is 1. The molecule has 1 saturated heterocycles. The fourth-order valence-corrected chi connectivity index (χ4v) is 8.60. The van der Waals surface area contributed by atoms with Crippen molar-refractivity contribution >= 4 is 33.0 Å². The average Bonchev–Trinajstić information content (AvgIpc) is 3.56. The van der Waals surface area contributed by atoms with Crippen molar-refractivity contribution in [3.05, 3.63) is 39.6 Å². The van der Waals surface area contributed by atoms with Crippen LogP contribution in [-0.4, -0.2) is 62.0 Å². The molecule has 0 bridgehead atoms. The van der Waals surface area contributed by atoms with Gasteiger partial charge in [-0.15, -0.1) is 11.3 Å². The zero-order valence-corrected chi connectivity index (χ0v) is 23.7. The van der Waals surface area contributed by atoms with E-state index in [2.05, 4.69) is 34.8 Å². The molecule has 2 aromatic rings. The topological polar surface area (TPSA) is 95.7 Å². The molecule has 0 radical (unpaired) electrons. The van der Waals surface area contributed by atoms with Gasteiger partial charge in [0.1, 0.15) is 0 Å². The Morgan fingerprint density at radius 3 is 2.51 bits per heavy atom. The molecule has 1 aliphatic carbocycles. The van der Waals surface area contributed by atoms with Gasteiger partial charge in [0, 0.05) is 43.0 Å². The predicted molar refractivity (Wildman–Crippen MR) is 152 cm³/mol. The van der Waals surface area contributed by atoms with Crippen LogP contribution in [-0.2, 0) is 16.6 Å². The molecule has 2 aliphatic heterocycles. The first kappa shape index (κ1) is 26.7. The van der Waals surface area contributed by atoms with Crippen molar-refractivity contribution in [3.63, 3.8) is 0 Å². The zero-order valence-electron chi connectivity index (χ0n) is 22.0. The Bertz CT molecular complexity index is 1230. The highest BCUT2D eigenvalue weighted by molar-refractivity contribution is 7.89. The monoisotopic (exact) mass is 544 g/mol. The summed E-state index contributed by atoms with van der Waals surface area (Å²) in [6, 6.07) is 7.11. The van der Waals surface area contributed by atoms with Gasteiger partial charge in [-0.25, -0.2) is 12.7 Å². The fraction of sp³-hybridized carbons (Fsp3) is 0.607. The van der Waals surface area contributed by atoms with Crippen LogP contribution in [0.25, 0.3) is 11.1 Å². The van der Waals surface area contributed by atoms with E-state index in [-0.39, 0.29) is 11.7 Å². The Kier molecular flexibility index (Phi) is 7.96. The highest BCUT2D eigenvalue weighted by atomic mass is 32.2. The molecule has 1 amide bonds. The summed E-state index contributed by atoms with van der Waals surface area (Å²) in [5.41, 5.74) is 10.6. The first-order valence-corrected chi connectivity index (χ1v) is 16.2. The second-order valence-corrected chi connectivity index (χ2v) is 14.2. The number of carbonyl (C=O) groups is 1. The molecule has 9 heteroatoms. The molecule has 1 atom stereocenters. The van der Waals surface area contributed by atoms with Gasteiger partial charge in [0.25, 0.3) is 5.91 Å². The fourth-order valence-electron chi connectivity index (χ4n) is 6.51. The molecule has 1 aromatic heterocycles. The lowest BCUT2D eigenvalue weighted by molar-refractivity contribution is 0.100. The number of amides is 1. The van der Waals surface area contributed by atoms with E-state index in [0.29, 0.717) is 30.6 Å². The summed E-state index contributed by atoms with van der Waals surface area (Å²) < 4.78 is 26.3. The number of benzene rings is 1. The van der Waals surface area contributed by atoms with Gasteiger partial charge < -0.3 is 11.1 Å². The van der Waals surface area contributed by atoms with Crippen molar-refractivity contribution in [1.82, 2.24) is 9.21 Å². The molecule has 3 N–H and O–H groups in total. The number of nitrogens with zero attached hydrogens (tertiary/aromatic N) is 2. The molecule has 3 aliphatic rings. The van der Waals surface area contributed by atoms with Crippen LogP contribution in [0.5, 0.6) is 0 Å². The van der Waals surface area contributed by atoms with E-state index in [4.69, 9.17) is 5.73 Å². The third-order valence-corrected chi connectivity index (χ3v) is 11.6. The lowest BCUT2D eigenvalue weighted by Gasteiger charge is -2.34. The van der Waals surface area contributed by atoms with Crippen LogP contribution in [0.1, 0.15) is 78.6 Å². The van der Waals surface area contributed by atoms with Crippen molar-refractivity contribution < 1.29 is 13.2 Å². The second-order valence-electron chi connectivity index (χ2n) is 11.0. The van der Waals surface area contributed by atoms with Crippen LogP contribution in [0.3, 0.4) is 0 Å². The minimum Gasteiger partial charge on any atom is -0.384 e. The van der Waals surface area contributed by atoms with Crippen LogP contribution in [0.4, 0.5) is 5.69 Å². The number of piperidine rings is 1. The van der Waals surface area contributed by atoms with Crippen LogP contribution < -0.4 is 11.1 Å². The SMILES string of the molecule is CCS(=O)(=O)N1CCC(C2CNc3c(C(N)=O)cc(-c4csc(CN(C)C5CCCCC5)c4)cc32)CC1. The van der Waals surface area contributed by atoms with E-state index < -0.39 is 15.9 Å². The molecule has 2 fully saturated rings. The standard InChI is InChI=1S/C28H40N4O3S2/c1-3-37(34,35)32-11-9-19(10-12-32)26-16-30-27-24(26)14-20(15-25(27)28(29)33)21-13-23(36-18-21)17-31(2)22-7-5-4-6-8-22/h13-15,18-19,22,26,30H,3-12,16-17H2,1-2H3,(H2,29,33). The smallest absolute Gasteiger partial charge is 0.250 e. The summed E-state index contributed by atoms with van der Waals surface area (Å²) in [6.07, 6.45) is 8.27. The van der Waals surface area contributed by atoms with E-state index in [1.54, 1.807) is 22.6 Å². The minimum atomic E-state index is -3.15. The van der Waals surface area contributed by atoms with E-state index >= 15 is 0 Å². The van der Waals surface area contributed by atoms with Gasteiger partial charge in [-0.2, -0.15) is 0 Å². The molecular weight excluding hydrogens is 504 g/mol. The van der Waals surface area contributed by atoms with Crippen molar-refractivity contribution in [2.24, 2.45) is 11.7 Å². The molecule has 3 heterocycles. The highest BCUT2D eigenvalue weighted by Gasteiger charge is 2.36. The lowest BCUT2D eigenvalue weighted by atomic mass is 9.80. The molecular formula is C28H40N4O3S2. The van der Waals surface area contributed by atoms with Gasteiger partial charge in [0.2, 0.25) is 10.0 Å².